The molecule has 10 nitrogen and oxygen atoms in total. The van der Waals surface area contributed by atoms with Crippen molar-refractivity contribution < 1.29 is 96.4 Å². The Balaban J connectivity index is -0.000000795. The summed E-state index contributed by atoms with van der Waals surface area (Å²) in [5.41, 5.74) is 0. The lowest BCUT2D eigenvalue weighted by molar-refractivity contribution is -0.440. The van der Waals surface area contributed by atoms with Crippen LogP contribution in [0.25, 0.3) is 0 Å². The van der Waals surface area contributed by atoms with Crippen LogP contribution in [0.3, 0.4) is 0 Å². The quantitative estimate of drug-likeness (QED) is 0.0691. The number of aliphatic hydroxyl groups is 4. The molecule has 0 heterocycles. The van der Waals surface area contributed by atoms with E-state index in [-0.39, 0.29) is 26.4 Å². The molecule has 0 aromatic heterocycles. The minimum absolute atomic E-state index is 0.139. The smallest absolute Gasteiger partial charge is 0.395 e. The molecule has 0 aromatic rings. The van der Waals surface area contributed by atoms with Gasteiger partial charge in [0.05, 0.1) is 33.0 Å². The Kier molecular flexibility index (Phi) is 19.3. The topological polar surface area (TPSA) is 172 Å². The third kappa shape index (κ3) is 13.3. The standard InChI is InChI=1S/C8H6F13O4P.2C4H11NO2/c9-3(10,1-2-25-26(22,23)24)4(11,12)5(13,14)6(15,16)7(17,18)8(19,20)21;2*6-3-1-5-2-4-7/h1-2H2,(H2,22,23,24);2*5-7H,1-4H2. The molecule has 0 fully saturated rings. The van der Waals surface area contributed by atoms with Crippen molar-refractivity contribution in [2.24, 2.45) is 0 Å². The van der Waals surface area contributed by atoms with Gasteiger partial charge in [-0.3, -0.25) is 4.52 Å². The first-order valence-corrected chi connectivity index (χ1v) is 11.8. The highest BCUT2D eigenvalue weighted by Crippen LogP contribution is 2.60. The minimum atomic E-state index is -8.02. The van der Waals surface area contributed by atoms with Gasteiger partial charge in [-0.1, -0.05) is 0 Å². The molecule has 0 amide bonds. The van der Waals surface area contributed by atoms with Crippen LogP contribution < -0.4 is 10.6 Å². The second-order valence-electron chi connectivity index (χ2n) is 6.97. The molecule has 8 N–H and O–H groups in total. The fourth-order valence-electron chi connectivity index (χ4n) is 1.82. The molecule has 0 saturated heterocycles. The number of phosphoric ester groups is 1. The molecule has 0 rings (SSSR count). The number of rotatable bonds is 16. The number of halogens is 13. The Morgan fingerprint density at radius 2 is 0.850 bits per heavy atom. The largest absolute Gasteiger partial charge is 0.469 e. The molecule has 24 heteroatoms. The molecule has 0 atom stereocenters. The van der Waals surface area contributed by atoms with Crippen molar-refractivity contribution in [3.8, 4) is 0 Å². The lowest BCUT2D eigenvalue weighted by Crippen LogP contribution is -2.70. The molecule has 0 aromatic carbocycles. The zero-order chi connectivity index (χ0) is 32.7. The van der Waals surface area contributed by atoms with Crippen molar-refractivity contribution in [3.63, 3.8) is 0 Å². The summed E-state index contributed by atoms with van der Waals surface area (Å²) in [7, 11) is -5.61. The summed E-state index contributed by atoms with van der Waals surface area (Å²) in [5, 5.41) is 38.2. The van der Waals surface area contributed by atoms with Gasteiger partial charge in [-0.15, -0.1) is 0 Å². The highest BCUT2D eigenvalue weighted by atomic mass is 31.2. The highest BCUT2D eigenvalue weighted by molar-refractivity contribution is 7.46. The second kappa shape index (κ2) is 17.8. The van der Waals surface area contributed by atoms with E-state index in [2.05, 4.69) is 15.2 Å². The van der Waals surface area contributed by atoms with Gasteiger partial charge in [-0.2, -0.15) is 57.1 Å². The van der Waals surface area contributed by atoms with Crippen LogP contribution in [0.4, 0.5) is 57.1 Å². The minimum Gasteiger partial charge on any atom is -0.395 e. The van der Waals surface area contributed by atoms with E-state index in [1.807, 2.05) is 0 Å². The van der Waals surface area contributed by atoms with Gasteiger partial charge in [-0.25, -0.2) is 4.57 Å². The average molecular weight is 654 g/mol. The SMILES string of the molecule is O=P(O)(O)OCCC(F)(F)C(F)(F)C(F)(F)C(F)(F)C(F)(F)C(F)(F)F.OCCNCCO.OCCNCCO. The fourth-order valence-corrected chi connectivity index (χ4v) is 2.15. The molecular formula is C16H28F13N2O8P. The second-order valence-corrected chi connectivity index (χ2v) is 8.21. The summed E-state index contributed by atoms with van der Waals surface area (Å²) in [4.78, 5) is 16.1. The number of hydrogen-bond donors (Lipinski definition) is 8. The molecular weight excluding hydrogens is 626 g/mol. The number of phosphoric acid groups is 1. The Morgan fingerprint density at radius 1 is 0.550 bits per heavy atom. The summed E-state index contributed by atoms with van der Waals surface area (Å²) >= 11 is 0. The lowest BCUT2D eigenvalue weighted by atomic mass is 9.93. The summed E-state index contributed by atoms with van der Waals surface area (Å²) in [6, 6.07) is 0. The van der Waals surface area contributed by atoms with E-state index in [0.29, 0.717) is 26.2 Å². The molecule has 246 valence electrons. The Hall–Kier alpha value is -1.04. The van der Waals surface area contributed by atoms with Crippen molar-refractivity contribution in [1.82, 2.24) is 10.6 Å². The van der Waals surface area contributed by atoms with Crippen LogP contribution in [0.15, 0.2) is 0 Å². The Bertz CT molecular complexity index is 709. The van der Waals surface area contributed by atoms with Crippen LogP contribution in [-0.2, 0) is 9.09 Å². The predicted octanol–water partition coefficient (Wildman–Crippen LogP) is 1.35. The first kappa shape index (κ1) is 43.4. The van der Waals surface area contributed by atoms with E-state index in [0.717, 1.165) is 0 Å². The fraction of sp³-hybridized carbons (Fsp3) is 1.00. The maximum Gasteiger partial charge on any atom is 0.469 e. The van der Waals surface area contributed by atoms with Crippen molar-refractivity contribution in [3.05, 3.63) is 0 Å². The Morgan fingerprint density at radius 3 is 1.10 bits per heavy atom. The van der Waals surface area contributed by atoms with E-state index in [1.165, 1.54) is 0 Å². The molecule has 0 spiro atoms. The maximum atomic E-state index is 13.1. The Labute approximate surface area is 217 Å². The molecule has 0 unspecified atom stereocenters. The van der Waals surface area contributed by atoms with Crippen molar-refractivity contribution in [1.29, 1.82) is 0 Å². The van der Waals surface area contributed by atoms with Crippen molar-refractivity contribution in [2.75, 3.05) is 59.2 Å². The first-order chi connectivity index (χ1) is 17.8. The molecule has 0 saturated carbocycles. The molecule has 40 heavy (non-hydrogen) atoms. The van der Waals surface area contributed by atoms with Crippen LogP contribution in [0.1, 0.15) is 6.42 Å². The molecule has 0 bridgehead atoms. The monoisotopic (exact) mass is 654 g/mol. The summed E-state index contributed by atoms with van der Waals surface area (Å²) in [6.07, 6.45) is -10.3. The average Bonchev–Trinajstić information content (AvgIpc) is 2.78. The van der Waals surface area contributed by atoms with E-state index < -0.39 is 56.6 Å². The van der Waals surface area contributed by atoms with Gasteiger partial charge in [0, 0.05) is 32.6 Å². The summed E-state index contributed by atoms with van der Waals surface area (Å²) in [5.74, 6) is -37.7. The number of aliphatic hydroxyl groups excluding tert-OH is 4. The van der Waals surface area contributed by atoms with Gasteiger partial charge in [0.1, 0.15) is 0 Å². The first-order valence-electron chi connectivity index (χ1n) is 10.3. The van der Waals surface area contributed by atoms with Crippen molar-refractivity contribution in [2.45, 2.75) is 42.2 Å². The zero-order valence-electron chi connectivity index (χ0n) is 19.9. The van der Waals surface area contributed by atoms with Crippen LogP contribution in [0.2, 0.25) is 0 Å². The summed E-state index contributed by atoms with van der Waals surface area (Å²) < 4.78 is 178. The van der Waals surface area contributed by atoms with Crippen LogP contribution in [-0.4, -0.2) is 125 Å². The zero-order valence-corrected chi connectivity index (χ0v) is 20.8. The van der Waals surface area contributed by atoms with E-state index in [9.17, 15) is 61.6 Å². The highest BCUT2D eigenvalue weighted by Gasteiger charge is 2.90. The van der Waals surface area contributed by atoms with E-state index in [1.54, 1.807) is 0 Å². The van der Waals surface area contributed by atoms with Gasteiger partial charge in [-0.05, 0) is 0 Å². The molecule has 0 aliphatic heterocycles. The van der Waals surface area contributed by atoms with Gasteiger partial charge >= 0.3 is 43.6 Å². The molecule has 0 aliphatic rings. The molecule has 0 radical (unpaired) electrons. The number of nitrogens with one attached hydrogen (secondary N) is 2. The van der Waals surface area contributed by atoms with Crippen molar-refractivity contribution >= 4 is 7.82 Å². The van der Waals surface area contributed by atoms with Crippen LogP contribution in [0.5, 0.6) is 0 Å². The van der Waals surface area contributed by atoms with E-state index >= 15 is 0 Å². The lowest BCUT2D eigenvalue weighted by Gasteiger charge is -2.39. The van der Waals surface area contributed by atoms with Gasteiger partial charge in [0.25, 0.3) is 0 Å². The van der Waals surface area contributed by atoms with Gasteiger partial charge < -0.3 is 40.8 Å². The van der Waals surface area contributed by atoms with Crippen LogP contribution in [0, 0.1) is 0 Å². The van der Waals surface area contributed by atoms with Crippen LogP contribution >= 0.6 is 7.82 Å². The third-order valence-electron chi connectivity index (χ3n) is 3.83. The third-order valence-corrected chi connectivity index (χ3v) is 4.35. The van der Waals surface area contributed by atoms with Gasteiger partial charge in [0.2, 0.25) is 0 Å². The molecule has 0 aliphatic carbocycles. The van der Waals surface area contributed by atoms with E-state index in [4.69, 9.17) is 30.2 Å². The summed E-state index contributed by atoms with van der Waals surface area (Å²) in [6.45, 7) is 0.673. The van der Waals surface area contributed by atoms with Gasteiger partial charge in [0.15, 0.2) is 0 Å². The number of alkyl halides is 13. The normalized spacial score (nSPS) is 13.8. The number of hydrogen-bond acceptors (Lipinski definition) is 8. The maximum absolute atomic E-state index is 13.1. The predicted molar refractivity (Wildman–Crippen MR) is 107 cm³/mol.